The number of carbonyl (C=O) groups is 2. The van der Waals surface area contributed by atoms with Gasteiger partial charge in [-0.05, 0) is 79.5 Å². The van der Waals surface area contributed by atoms with Crippen LogP contribution < -0.4 is 10.6 Å². The average molecular weight is 389 g/mol. The second kappa shape index (κ2) is 7.18. The van der Waals surface area contributed by atoms with Crippen LogP contribution in [0.4, 0.5) is 5.69 Å². The summed E-state index contributed by atoms with van der Waals surface area (Å²) in [5.41, 5.74) is 2.35. The molecule has 126 valence electrons. The van der Waals surface area contributed by atoms with Crippen LogP contribution in [-0.4, -0.2) is 17.4 Å². The maximum atomic E-state index is 12.4. The third-order valence-corrected chi connectivity index (χ3v) is 3.90. The van der Waals surface area contributed by atoms with Crippen molar-refractivity contribution >= 4 is 33.4 Å². The zero-order valence-electron chi connectivity index (χ0n) is 14.2. The van der Waals surface area contributed by atoms with Crippen molar-refractivity contribution in [2.45, 2.75) is 33.2 Å². The Morgan fingerprint density at radius 1 is 0.958 bits per heavy atom. The molecule has 2 aromatic rings. The molecule has 0 saturated carbocycles. The topological polar surface area (TPSA) is 58.2 Å². The minimum Gasteiger partial charge on any atom is -0.347 e. The van der Waals surface area contributed by atoms with Gasteiger partial charge in [0.05, 0.1) is 5.69 Å². The maximum absolute atomic E-state index is 12.4. The molecule has 0 heterocycles. The lowest BCUT2D eigenvalue weighted by molar-refractivity contribution is 0.0919. The van der Waals surface area contributed by atoms with Gasteiger partial charge in [-0.3, -0.25) is 9.59 Å². The first-order valence-electron chi connectivity index (χ1n) is 7.66. The van der Waals surface area contributed by atoms with E-state index in [4.69, 9.17) is 0 Å². The van der Waals surface area contributed by atoms with Crippen LogP contribution in [0.5, 0.6) is 0 Å². The van der Waals surface area contributed by atoms with Gasteiger partial charge >= 0.3 is 0 Å². The fourth-order valence-corrected chi connectivity index (χ4v) is 2.72. The van der Waals surface area contributed by atoms with Gasteiger partial charge in [-0.1, -0.05) is 12.1 Å². The summed E-state index contributed by atoms with van der Waals surface area (Å²) in [4.78, 5) is 24.7. The summed E-state index contributed by atoms with van der Waals surface area (Å²) in [6.07, 6.45) is 0. The number of hydrogen-bond donors (Lipinski definition) is 2. The van der Waals surface area contributed by atoms with E-state index in [2.05, 4.69) is 26.6 Å². The molecule has 5 heteroatoms. The highest BCUT2D eigenvalue weighted by atomic mass is 79.9. The van der Waals surface area contributed by atoms with Gasteiger partial charge in [-0.25, -0.2) is 0 Å². The number of benzene rings is 2. The fraction of sp³-hybridized carbons (Fsp3) is 0.263. The second-order valence-electron chi connectivity index (χ2n) is 6.72. The Morgan fingerprint density at radius 3 is 2.17 bits per heavy atom. The minimum absolute atomic E-state index is 0.200. The number of nitrogens with one attached hydrogen (secondary N) is 2. The van der Waals surface area contributed by atoms with Gasteiger partial charge in [0.15, 0.2) is 0 Å². The number of hydrogen-bond acceptors (Lipinski definition) is 2. The molecule has 2 aromatic carbocycles. The number of carbonyl (C=O) groups excluding carboxylic acids is 2. The molecule has 0 radical (unpaired) electrons. The minimum atomic E-state index is -0.331. The van der Waals surface area contributed by atoms with E-state index in [1.54, 1.807) is 24.3 Å². The molecule has 0 aliphatic heterocycles. The van der Waals surface area contributed by atoms with Crippen molar-refractivity contribution in [1.82, 2.24) is 5.32 Å². The van der Waals surface area contributed by atoms with Gasteiger partial charge in [-0.15, -0.1) is 0 Å². The van der Waals surface area contributed by atoms with E-state index in [1.807, 2.05) is 45.9 Å². The van der Waals surface area contributed by atoms with Crippen LogP contribution in [0.15, 0.2) is 46.9 Å². The Labute approximate surface area is 150 Å². The highest BCUT2D eigenvalue weighted by Crippen LogP contribution is 2.24. The largest absolute Gasteiger partial charge is 0.347 e. The molecular weight excluding hydrogens is 368 g/mol. The van der Waals surface area contributed by atoms with E-state index in [0.717, 1.165) is 10.0 Å². The summed E-state index contributed by atoms with van der Waals surface area (Å²) in [6, 6.07) is 12.4. The van der Waals surface area contributed by atoms with Gasteiger partial charge in [0.25, 0.3) is 11.8 Å². The van der Waals surface area contributed by atoms with Crippen molar-refractivity contribution in [1.29, 1.82) is 0 Å². The number of anilines is 1. The molecule has 0 bridgehead atoms. The van der Waals surface area contributed by atoms with Gasteiger partial charge < -0.3 is 10.6 Å². The van der Waals surface area contributed by atoms with Crippen LogP contribution in [0.2, 0.25) is 0 Å². The average Bonchev–Trinajstić information content (AvgIpc) is 2.48. The van der Waals surface area contributed by atoms with Crippen molar-refractivity contribution < 1.29 is 9.59 Å². The van der Waals surface area contributed by atoms with Crippen molar-refractivity contribution in [2.75, 3.05) is 5.32 Å². The van der Waals surface area contributed by atoms with E-state index in [9.17, 15) is 9.59 Å². The quantitative estimate of drug-likeness (QED) is 0.810. The standard InChI is InChI=1S/C19H21BrN2O2/c1-12-8-9-16(15(20)10-12)21-17(23)13-6-5-7-14(11-13)18(24)22-19(2,3)4/h5-11H,1-4H3,(H,21,23)(H,22,24). The van der Waals surface area contributed by atoms with E-state index in [-0.39, 0.29) is 17.4 Å². The summed E-state index contributed by atoms with van der Waals surface area (Å²) in [5, 5.41) is 5.74. The number of halogens is 1. The number of aryl methyl sites for hydroxylation is 1. The Bertz CT molecular complexity index is 779. The maximum Gasteiger partial charge on any atom is 0.255 e. The normalized spacial score (nSPS) is 11.0. The first kappa shape index (κ1) is 18.2. The molecule has 2 N–H and O–H groups in total. The zero-order chi connectivity index (χ0) is 17.9. The van der Waals surface area contributed by atoms with E-state index in [0.29, 0.717) is 16.8 Å². The fourth-order valence-electron chi connectivity index (χ4n) is 2.13. The summed E-state index contributed by atoms with van der Waals surface area (Å²) >= 11 is 3.44. The van der Waals surface area contributed by atoms with Crippen molar-refractivity contribution in [3.8, 4) is 0 Å². The first-order valence-corrected chi connectivity index (χ1v) is 8.45. The van der Waals surface area contributed by atoms with Crippen molar-refractivity contribution in [3.63, 3.8) is 0 Å². The van der Waals surface area contributed by atoms with Crippen molar-refractivity contribution in [3.05, 3.63) is 63.6 Å². The van der Waals surface area contributed by atoms with Crippen LogP contribution in [-0.2, 0) is 0 Å². The van der Waals surface area contributed by atoms with E-state index >= 15 is 0 Å². The monoisotopic (exact) mass is 388 g/mol. The highest BCUT2D eigenvalue weighted by Gasteiger charge is 2.16. The van der Waals surface area contributed by atoms with E-state index in [1.165, 1.54) is 0 Å². The molecule has 0 aliphatic carbocycles. The SMILES string of the molecule is Cc1ccc(NC(=O)c2cccc(C(=O)NC(C)(C)C)c2)c(Br)c1. The van der Waals surface area contributed by atoms with Crippen LogP contribution in [0, 0.1) is 6.92 Å². The lowest BCUT2D eigenvalue weighted by Crippen LogP contribution is -2.40. The molecule has 2 rings (SSSR count). The molecule has 0 fully saturated rings. The van der Waals surface area contributed by atoms with Gasteiger partial charge in [-0.2, -0.15) is 0 Å². The molecule has 4 nitrogen and oxygen atoms in total. The Kier molecular flexibility index (Phi) is 5.44. The third-order valence-electron chi connectivity index (χ3n) is 3.25. The van der Waals surface area contributed by atoms with Crippen LogP contribution in [0.1, 0.15) is 47.1 Å². The first-order chi connectivity index (χ1) is 11.2. The predicted molar refractivity (Wildman–Crippen MR) is 100 cm³/mol. The predicted octanol–water partition coefficient (Wildman–Crippen LogP) is 4.54. The van der Waals surface area contributed by atoms with Gasteiger partial charge in [0.1, 0.15) is 0 Å². The number of rotatable bonds is 3. The van der Waals surface area contributed by atoms with Gasteiger partial charge in [0, 0.05) is 21.1 Å². The summed E-state index contributed by atoms with van der Waals surface area (Å²) in [7, 11) is 0. The second-order valence-corrected chi connectivity index (χ2v) is 7.58. The lowest BCUT2D eigenvalue weighted by Gasteiger charge is -2.20. The molecule has 24 heavy (non-hydrogen) atoms. The Hall–Kier alpha value is -2.14. The van der Waals surface area contributed by atoms with Crippen LogP contribution >= 0.6 is 15.9 Å². The summed E-state index contributed by atoms with van der Waals surface area (Å²) in [6.45, 7) is 7.72. The van der Waals surface area contributed by atoms with Crippen molar-refractivity contribution in [2.24, 2.45) is 0 Å². The molecule has 0 aromatic heterocycles. The molecule has 0 spiro atoms. The molecule has 0 unspecified atom stereocenters. The molecular formula is C19H21BrN2O2. The summed E-state index contributed by atoms with van der Waals surface area (Å²) in [5.74, 6) is -0.460. The lowest BCUT2D eigenvalue weighted by atomic mass is 10.1. The van der Waals surface area contributed by atoms with Gasteiger partial charge in [0.2, 0.25) is 0 Å². The zero-order valence-corrected chi connectivity index (χ0v) is 15.8. The van der Waals surface area contributed by atoms with Crippen LogP contribution in [0.3, 0.4) is 0 Å². The highest BCUT2D eigenvalue weighted by molar-refractivity contribution is 9.10. The summed E-state index contributed by atoms with van der Waals surface area (Å²) < 4.78 is 0.817. The Morgan fingerprint density at radius 2 is 1.58 bits per heavy atom. The van der Waals surface area contributed by atoms with E-state index < -0.39 is 0 Å². The molecule has 0 atom stereocenters. The Balaban J connectivity index is 2.18. The van der Waals surface area contributed by atoms with Crippen LogP contribution in [0.25, 0.3) is 0 Å². The smallest absolute Gasteiger partial charge is 0.255 e. The third kappa shape index (κ3) is 4.93. The molecule has 2 amide bonds. The number of amides is 2. The molecule has 0 aliphatic rings. The molecule has 0 saturated heterocycles.